The van der Waals surface area contributed by atoms with Crippen LogP contribution in [0.4, 0.5) is 0 Å². The highest BCUT2D eigenvalue weighted by Crippen LogP contribution is 2.10. The van der Waals surface area contributed by atoms with Gasteiger partial charge in [0.15, 0.2) is 0 Å². The Hall–Kier alpha value is -0.300. The Morgan fingerprint density at radius 3 is 1.55 bits per heavy atom. The molecule has 0 fully saturated rings. The maximum absolute atomic E-state index is 3.20. The predicted molar refractivity (Wildman–Crippen MR) is 93.4 cm³/mol. The van der Waals surface area contributed by atoms with Gasteiger partial charge >= 0.3 is 0 Å². The molecule has 0 aliphatic carbocycles. The third-order valence-electron chi connectivity index (χ3n) is 3.94. The van der Waals surface area contributed by atoms with Crippen molar-refractivity contribution in [3.63, 3.8) is 0 Å². The first-order valence-electron chi connectivity index (χ1n) is 9.21. The molecular weight excluding hydrogens is 242 g/mol. The van der Waals surface area contributed by atoms with E-state index in [1.165, 1.54) is 96.4 Å². The predicted octanol–water partition coefficient (Wildman–Crippen LogP) is 6.24. The summed E-state index contributed by atoms with van der Waals surface area (Å²) in [4.78, 5) is 0. The van der Waals surface area contributed by atoms with E-state index in [1.807, 2.05) is 7.05 Å². The van der Waals surface area contributed by atoms with Crippen molar-refractivity contribution in [2.24, 2.45) is 0 Å². The summed E-state index contributed by atoms with van der Waals surface area (Å²) >= 11 is 0. The number of rotatable bonds is 16. The summed E-state index contributed by atoms with van der Waals surface area (Å²) in [7, 11) is 2.03. The van der Waals surface area contributed by atoms with Crippen LogP contribution in [-0.2, 0) is 0 Å². The van der Waals surface area contributed by atoms with Gasteiger partial charge in [0.2, 0.25) is 0 Å². The third-order valence-corrected chi connectivity index (χ3v) is 3.94. The minimum Gasteiger partial charge on any atom is -0.320 e. The topological polar surface area (TPSA) is 12.0 Å². The first-order chi connectivity index (χ1) is 9.91. The summed E-state index contributed by atoms with van der Waals surface area (Å²) in [6.07, 6.45) is 24.3. The zero-order chi connectivity index (χ0) is 14.7. The van der Waals surface area contributed by atoms with Crippen molar-refractivity contribution < 1.29 is 0 Å². The lowest BCUT2D eigenvalue weighted by Crippen LogP contribution is -2.06. The summed E-state index contributed by atoms with van der Waals surface area (Å²) in [6, 6.07) is 0. The Balaban J connectivity index is 3.01. The Bertz CT molecular complexity index is 186. The van der Waals surface area contributed by atoms with Crippen LogP contribution in [0.1, 0.15) is 96.8 Å². The fraction of sp³-hybridized carbons (Fsp3) is 0.895. The van der Waals surface area contributed by atoms with Crippen molar-refractivity contribution in [2.45, 2.75) is 96.8 Å². The van der Waals surface area contributed by atoms with Crippen molar-refractivity contribution in [1.82, 2.24) is 5.32 Å². The normalized spacial score (nSPS) is 11.5. The van der Waals surface area contributed by atoms with Crippen molar-refractivity contribution in [3.8, 4) is 0 Å². The van der Waals surface area contributed by atoms with Gasteiger partial charge in [0.1, 0.15) is 0 Å². The second kappa shape index (κ2) is 18.7. The van der Waals surface area contributed by atoms with Gasteiger partial charge in [-0.1, -0.05) is 76.9 Å². The summed E-state index contributed by atoms with van der Waals surface area (Å²) in [5.41, 5.74) is 0. The van der Waals surface area contributed by atoms with E-state index in [0.29, 0.717) is 0 Å². The summed E-state index contributed by atoms with van der Waals surface area (Å²) < 4.78 is 0. The van der Waals surface area contributed by atoms with Crippen LogP contribution in [0.2, 0.25) is 0 Å². The molecular formula is C19H39N. The maximum Gasteiger partial charge on any atom is -0.00519 e. The van der Waals surface area contributed by atoms with Crippen LogP contribution < -0.4 is 5.32 Å². The van der Waals surface area contributed by atoms with Crippen molar-refractivity contribution in [2.75, 3.05) is 13.6 Å². The van der Waals surface area contributed by atoms with Gasteiger partial charge in [-0.05, 0) is 45.7 Å². The van der Waals surface area contributed by atoms with Gasteiger partial charge in [0.05, 0.1) is 0 Å². The Morgan fingerprint density at radius 2 is 1.05 bits per heavy atom. The van der Waals surface area contributed by atoms with E-state index in [4.69, 9.17) is 0 Å². The zero-order valence-electron chi connectivity index (χ0n) is 14.3. The van der Waals surface area contributed by atoms with Crippen molar-refractivity contribution in [1.29, 1.82) is 0 Å². The number of nitrogens with one attached hydrogen (secondary N) is 1. The number of allylic oxidation sites excluding steroid dienone is 2. The molecule has 0 aromatic rings. The van der Waals surface area contributed by atoms with Crippen LogP contribution in [0.25, 0.3) is 0 Å². The monoisotopic (exact) mass is 281 g/mol. The van der Waals surface area contributed by atoms with Gasteiger partial charge in [0.25, 0.3) is 0 Å². The quantitative estimate of drug-likeness (QED) is 0.261. The summed E-state index contributed by atoms with van der Waals surface area (Å²) in [6.45, 7) is 3.46. The first-order valence-corrected chi connectivity index (χ1v) is 9.21. The van der Waals surface area contributed by atoms with E-state index >= 15 is 0 Å². The lowest BCUT2D eigenvalue weighted by Gasteiger charge is -2.00. The molecule has 0 aliphatic rings. The molecule has 0 amide bonds. The molecule has 0 bridgehead atoms. The van der Waals surface area contributed by atoms with Crippen LogP contribution in [0.3, 0.4) is 0 Å². The molecule has 1 heteroatoms. The fourth-order valence-corrected chi connectivity index (χ4v) is 2.55. The highest BCUT2D eigenvalue weighted by Gasteiger charge is 1.91. The first kappa shape index (κ1) is 19.7. The van der Waals surface area contributed by atoms with Gasteiger partial charge in [-0.25, -0.2) is 0 Å². The van der Waals surface area contributed by atoms with Crippen LogP contribution in [0.5, 0.6) is 0 Å². The van der Waals surface area contributed by atoms with E-state index < -0.39 is 0 Å². The molecule has 0 unspecified atom stereocenters. The largest absolute Gasteiger partial charge is 0.320 e. The number of unbranched alkanes of at least 4 members (excludes halogenated alkanes) is 12. The van der Waals surface area contributed by atoms with Crippen molar-refractivity contribution >= 4 is 0 Å². The van der Waals surface area contributed by atoms with Crippen LogP contribution in [0.15, 0.2) is 12.2 Å². The second-order valence-corrected chi connectivity index (χ2v) is 6.04. The highest BCUT2D eigenvalue weighted by molar-refractivity contribution is 4.81. The molecule has 20 heavy (non-hydrogen) atoms. The third kappa shape index (κ3) is 17.7. The van der Waals surface area contributed by atoms with E-state index in [0.717, 1.165) is 0 Å². The lowest BCUT2D eigenvalue weighted by molar-refractivity contribution is 0.566. The molecule has 0 atom stereocenters. The zero-order valence-corrected chi connectivity index (χ0v) is 14.3. The molecule has 0 saturated carbocycles. The molecule has 1 N–H and O–H groups in total. The standard InChI is InChI=1S/C19H39N/c1-3-4-5-6-7-8-9-10-11-12-13-14-15-16-17-18-19-20-2/h13-14,20H,3-12,15-19H2,1-2H3/b14-13-. The average molecular weight is 282 g/mol. The van der Waals surface area contributed by atoms with Gasteiger partial charge < -0.3 is 5.32 Å². The van der Waals surface area contributed by atoms with Crippen LogP contribution in [0, 0.1) is 0 Å². The molecule has 0 aromatic heterocycles. The van der Waals surface area contributed by atoms with E-state index in [1.54, 1.807) is 0 Å². The highest BCUT2D eigenvalue weighted by atomic mass is 14.8. The molecule has 1 nitrogen and oxygen atoms in total. The Morgan fingerprint density at radius 1 is 0.600 bits per heavy atom. The molecule has 0 spiro atoms. The molecule has 0 aliphatic heterocycles. The summed E-state index contributed by atoms with van der Waals surface area (Å²) in [5, 5.41) is 3.20. The van der Waals surface area contributed by atoms with E-state index in [2.05, 4.69) is 24.4 Å². The number of hydrogen-bond acceptors (Lipinski definition) is 1. The minimum atomic E-state index is 1.17. The molecule has 0 radical (unpaired) electrons. The summed E-state index contributed by atoms with van der Waals surface area (Å²) in [5.74, 6) is 0. The van der Waals surface area contributed by atoms with E-state index in [9.17, 15) is 0 Å². The smallest absolute Gasteiger partial charge is 0.00519 e. The Kier molecular flexibility index (Phi) is 18.4. The fourth-order valence-electron chi connectivity index (χ4n) is 2.55. The molecule has 0 saturated heterocycles. The van der Waals surface area contributed by atoms with Gasteiger partial charge in [-0.15, -0.1) is 0 Å². The molecule has 0 aromatic carbocycles. The second-order valence-electron chi connectivity index (χ2n) is 6.04. The van der Waals surface area contributed by atoms with Crippen molar-refractivity contribution in [3.05, 3.63) is 12.2 Å². The van der Waals surface area contributed by atoms with Gasteiger partial charge in [-0.3, -0.25) is 0 Å². The minimum absolute atomic E-state index is 1.17. The lowest BCUT2D eigenvalue weighted by atomic mass is 10.1. The molecule has 0 rings (SSSR count). The molecule has 0 heterocycles. The maximum atomic E-state index is 3.20. The van der Waals surface area contributed by atoms with Gasteiger partial charge in [-0.2, -0.15) is 0 Å². The van der Waals surface area contributed by atoms with E-state index in [-0.39, 0.29) is 0 Å². The van der Waals surface area contributed by atoms with Crippen LogP contribution in [-0.4, -0.2) is 13.6 Å². The molecule has 120 valence electrons. The van der Waals surface area contributed by atoms with Gasteiger partial charge in [0, 0.05) is 0 Å². The Labute approximate surface area is 128 Å². The average Bonchev–Trinajstić information content (AvgIpc) is 2.47. The number of hydrogen-bond donors (Lipinski definition) is 1. The van der Waals surface area contributed by atoms with Crippen LogP contribution >= 0.6 is 0 Å². The SMILES string of the molecule is CCCCCCCCCCC/C=C\CCCCCNC.